The minimum Gasteiger partial charge on any atom is -0.475 e. The maximum Gasteiger partial charge on any atom is 0.152 e. The lowest BCUT2D eigenvalue weighted by Gasteiger charge is -2.31. The summed E-state index contributed by atoms with van der Waals surface area (Å²) in [7, 11) is 0. The molecule has 0 saturated carbocycles. The summed E-state index contributed by atoms with van der Waals surface area (Å²) in [6, 6.07) is 18.7. The molecule has 0 spiro atoms. The van der Waals surface area contributed by atoms with E-state index in [4.69, 9.17) is 9.72 Å². The molecule has 0 fully saturated rings. The first-order chi connectivity index (χ1) is 14.7. The largest absolute Gasteiger partial charge is 0.475 e. The maximum atomic E-state index is 6.39. The van der Waals surface area contributed by atoms with Crippen LogP contribution in [-0.4, -0.2) is 29.2 Å². The minimum absolute atomic E-state index is 0.137. The van der Waals surface area contributed by atoms with E-state index in [0.29, 0.717) is 0 Å². The summed E-state index contributed by atoms with van der Waals surface area (Å²) in [6.45, 7) is 8.92. The van der Waals surface area contributed by atoms with E-state index < -0.39 is 0 Å². The van der Waals surface area contributed by atoms with Crippen molar-refractivity contribution >= 4 is 11.3 Å². The number of ether oxygens (including phenoxy) is 1. The van der Waals surface area contributed by atoms with Crippen molar-refractivity contribution in [2.45, 2.75) is 59.1 Å². The number of benzene rings is 2. The van der Waals surface area contributed by atoms with E-state index in [1.54, 1.807) is 11.3 Å². The Bertz CT molecular complexity index is 852. The Kier molecular flexibility index (Phi) is 8.91. The van der Waals surface area contributed by atoms with Gasteiger partial charge in [-0.2, -0.15) is 0 Å². The van der Waals surface area contributed by atoms with Crippen molar-refractivity contribution in [3.63, 3.8) is 0 Å². The average Bonchev–Trinajstić information content (AvgIpc) is 3.29. The molecule has 0 aliphatic rings. The summed E-state index contributed by atoms with van der Waals surface area (Å²) >= 11 is 1.69. The van der Waals surface area contributed by atoms with Crippen molar-refractivity contribution in [3.05, 3.63) is 60.0 Å². The lowest BCUT2D eigenvalue weighted by atomic mass is 10.1. The molecular formula is C26H34N2OS. The predicted molar refractivity (Wildman–Crippen MR) is 129 cm³/mol. The second-order valence-corrected chi connectivity index (χ2v) is 8.51. The molecule has 2 aromatic carbocycles. The molecule has 3 nitrogen and oxygen atoms in total. The molecule has 0 amide bonds. The van der Waals surface area contributed by atoms with Gasteiger partial charge in [0, 0.05) is 29.6 Å². The number of thiazole rings is 1. The Morgan fingerprint density at radius 1 is 0.867 bits per heavy atom. The highest BCUT2D eigenvalue weighted by molar-refractivity contribution is 7.13. The monoisotopic (exact) mass is 422 g/mol. The molecule has 0 aliphatic heterocycles. The average molecular weight is 423 g/mol. The van der Waals surface area contributed by atoms with Crippen LogP contribution in [-0.2, 0) is 0 Å². The lowest BCUT2D eigenvalue weighted by molar-refractivity contribution is 0.0202. The molecule has 30 heavy (non-hydrogen) atoms. The van der Waals surface area contributed by atoms with Crippen LogP contribution in [0, 0.1) is 0 Å². The van der Waals surface area contributed by atoms with Crippen LogP contribution in [0.2, 0.25) is 0 Å². The highest BCUT2D eigenvalue weighted by atomic mass is 32.1. The van der Waals surface area contributed by atoms with Gasteiger partial charge in [0.2, 0.25) is 0 Å². The van der Waals surface area contributed by atoms with Crippen LogP contribution < -0.4 is 4.74 Å². The molecule has 0 bridgehead atoms. The van der Waals surface area contributed by atoms with E-state index in [9.17, 15) is 0 Å². The summed E-state index contributed by atoms with van der Waals surface area (Å²) in [5, 5.41) is 3.18. The highest BCUT2D eigenvalue weighted by Crippen LogP contribution is 2.30. The summed E-state index contributed by atoms with van der Waals surface area (Å²) in [4.78, 5) is 7.33. The van der Waals surface area contributed by atoms with E-state index in [1.807, 2.05) is 6.07 Å². The zero-order valence-electron chi connectivity index (χ0n) is 18.5. The van der Waals surface area contributed by atoms with Crippen LogP contribution in [0.3, 0.4) is 0 Å². The third-order valence-corrected chi connectivity index (χ3v) is 6.19. The zero-order valence-corrected chi connectivity index (χ0v) is 19.3. The third-order valence-electron chi connectivity index (χ3n) is 5.30. The number of unbranched alkanes of at least 4 members (excludes halogenated alkanes) is 2. The van der Waals surface area contributed by atoms with Crippen LogP contribution in [0.5, 0.6) is 5.75 Å². The molecule has 4 heteroatoms. The van der Waals surface area contributed by atoms with Crippen LogP contribution in [0.15, 0.2) is 60.0 Å². The SMILES string of the molecule is CCCCN(CCCC)C(CC)Oc1ccc(-c2csc(-c3ccccc3)n2)cc1. The normalized spacial score (nSPS) is 12.3. The fourth-order valence-electron chi connectivity index (χ4n) is 3.52. The molecule has 3 rings (SSSR count). The Morgan fingerprint density at radius 3 is 2.13 bits per heavy atom. The Hall–Kier alpha value is -2.17. The lowest BCUT2D eigenvalue weighted by Crippen LogP contribution is -2.40. The molecule has 1 atom stereocenters. The summed E-state index contributed by atoms with van der Waals surface area (Å²) in [6.07, 6.45) is 5.99. The van der Waals surface area contributed by atoms with Gasteiger partial charge in [0.15, 0.2) is 6.23 Å². The van der Waals surface area contributed by atoms with Gasteiger partial charge in [-0.25, -0.2) is 4.98 Å². The minimum atomic E-state index is 0.137. The first kappa shape index (κ1) is 22.5. The predicted octanol–water partition coefficient (Wildman–Crippen LogP) is 7.49. The van der Waals surface area contributed by atoms with E-state index in [2.05, 4.69) is 79.6 Å². The molecule has 0 N–H and O–H groups in total. The van der Waals surface area contributed by atoms with Gasteiger partial charge < -0.3 is 4.74 Å². The molecule has 0 aliphatic carbocycles. The Balaban J connectivity index is 1.67. The number of rotatable bonds is 12. The highest BCUT2D eigenvalue weighted by Gasteiger charge is 2.17. The molecule has 0 radical (unpaired) electrons. The molecule has 1 unspecified atom stereocenters. The van der Waals surface area contributed by atoms with Gasteiger partial charge in [-0.15, -0.1) is 11.3 Å². The van der Waals surface area contributed by atoms with Crippen molar-refractivity contribution < 1.29 is 4.74 Å². The van der Waals surface area contributed by atoms with Gasteiger partial charge >= 0.3 is 0 Å². The third kappa shape index (κ3) is 6.16. The van der Waals surface area contributed by atoms with Gasteiger partial charge in [-0.3, -0.25) is 4.90 Å². The Labute approximate surface area is 185 Å². The van der Waals surface area contributed by atoms with Crippen LogP contribution in [0.25, 0.3) is 21.8 Å². The van der Waals surface area contributed by atoms with Crippen molar-refractivity contribution in [2.24, 2.45) is 0 Å². The van der Waals surface area contributed by atoms with Crippen molar-refractivity contribution in [1.29, 1.82) is 0 Å². The van der Waals surface area contributed by atoms with E-state index in [1.165, 1.54) is 31.2 Å². The van der Waals surface area contributed by atoms with E-state index in [0.717, 1.165) is 41.5 Å². The van der Waals surface area contributed by atoms with Gasteiger partial charge in [0.1, 0.15) is 10.8 Å². The topological polar surface area (TPSA) is 25.4 Å². The molecular weight excluding hydrogens is 388 g/mol. The number of hydrogen-bond donors (Lipinski definition) is 0. The molecule has 3 aromatic rings. The second-order valence-electron chi connectivity index (χ2n) is 7.65. The number of nitrogens with zero attached hydrogens (tertiary/aromatic N) is 2. The summed E-state index contributed by atoms with van der Waals surface area (Å²) < 4.78 is 6.39. The summed E-state index contributed by atoms with van der Waals surface area (Å²) in [5.74, 6) is 0.933. The van der Waals surface area contributed by atoms with Gasteiger partial charge in [0.05, 0.1) is 5.69 Å². The van der Waals surface area contributed by atoms with Crippen LogP contribution in [0.1, 0.15) is 52.9 Å². The molecule has 1 heterocycles. The molecule has 0 saturated heterocycles. The molecule has 160 valence electrons. The molecule has 1 aromatic heterocycles. The van der Waals surface area contributed by atoms with Gasteiger partial charge in [-0.05, 0) is 43.5 Å². The number of aromatic nitrogens is 1. The van der Waals surface area contributed by atoms with Crippen LogP contribution in [0.4, 0.5) is 0 Å². The first-order valence-electron chi connectivity index (χ1n) is 11.3. The van der Waals surface area contributed by atoms with Crippen molar-refractivity contribution in [3.8, 4) is 27.6 Å². The maximum absolute atomic E-state index is 6.39. The Morgan fingerprint density at radius 2 is 1.53 bits per heavy atom. The smallest absolute Gasteiger partial charge is 0.152 e. The quantitative estimate of drug-likeness (QED) is 0.283. The second kappa shape index (κ2) is 11.9. The van der Waals surface area contributed by atoms with Crippen molar-refractivity contribution in [2.75, 3.05) is 13.1 Å². The van der Waals surface area contributed by atoms with E-state index >= 15 is 0 Å². The standard InChI is InChI=1S/C26H34N2OS/c1-4-7-18-28(19-8-5-2)25(6-3)29-23-16-14-21(15-17-23)24-20-30-26(27-24)22-12-10-9-11-13-22/h9-17,20,25H,4-8,18-19H2,1-3H3. The van der Waals surface area contributed by atoms with E-state index in [-0.39, 0.29) is 6.23 Å². The van der Waals surface area contributed by atoms with Crippen LogP contribution >= 0.6 is 11.3 Å². The first-order valence-corrected chi connectivity index (χ1v) is 12.1. The fraction of sp³-hybridized carbons (Fsp3) is 0.423. The fourth-order valence-corrected chi connectivity index (χ4v) is 4.35. The van der Waals surface area contributed by atoms with Gasteiger partial charge in [0.25, 0.3) is 0 Å². The number of hydrogen-bond acceptors (Lipinski definition) is 4. The zero-order chi connectivity index (χ0) is 21.2. The van der Waals surface area contributed by atoms with Crippen molar-refractivity contribution in [1.82, 2.24) is 9.88 Å². The summed E-state index contributed by atoms with van der Waals surface area (Å²) in [5.41, 5.74) is 3.31. The van der Waals surface area contributed by atoms with Gasteiger partial charge in [-0.1, -0.05) is 63.9 Å².